The molecule has 3 N–H and O–H groups in total. The van der Waals surface area contributed by atoms with Crippen LogP contribution in [0.2, 0.25) is 5.02 Å². The molecule has 0 aliphatic carbocycles. The van der Waals surface area contributed by atoms with Gasteiger partial charge in [-0.25, -0.2) is 17.5 Å². The molecule has 9 heteroatoms. The molecule has 1 rings (SSSR count). The fourth-order valence-electron chi connectivity index (χ4n) is 2.50. The molecule has 1 aromatic rings. The number of guanidine groups is 1. The van der Waals surface area contributed by atoms with Crippen LogP contribution in [0, 0.1) is 5.82 Å². The van der Waals surface area contributed by atoms with Crippen LogP contribution in [-0.2, 0) is 15.4 Å². The van der Waals surface area contributed by atoms with Gasteiger partial charge in [0.15, 0.2) is 5.96 Å². The van der Waals surface area contributed by atoms with Gasteiger partial charge in [0.1, 0.15) is 5.82 Å². The molecule has 1 aromatic carbocycles. The summed E-state index contributed by atoms with van der Waals surface area (Å²) in [5.74, 6) is 0.153. The zero-order chi connectivity index (χ0) is 20.2. The second-order valence-corrected chi connectivity index (χ2v) is 9.70. The van der Waals surface area contributed by atoms with Crippen LogP contribution >= 0.6 is 11.6 Å². The first-order valence-corrected chi connectivity index (χ1v) is 10.4. The highest BCUT2D eigenvalue weighted by atomic mass is 35.5. The quantitative estimate of drug-likeness (QED) is 0.479. The summed E-state index contributed by atoms with van der Waals surface area (Å²) >= 11 is 6.17. The topological polar surface area (TPSA) is 82.6 Å². The monoisotopic (exact) mass is 406 g/mol. The van der Waals surface area contributed by atoms with Gasteiger partial charge in [-0.15, -0.1) is 0 Å². The molecule has 0 unspecified atom stereocenters. The summed E-state index contributed by atoms with van der Waals surface area (Å²) in [4.78, 5) is 4.15. The summed E-state index contributed by atoms with van der Waals surface area (Å²) in [6.45, 7) is 8.37. The smallest absolute Gasteiger partial charge is 0.209 e. The summed E-state index contributed by atoms with van der Waals surface area (Å²) < 4.78 is 38.6. The average Bonchev–Trinajstić information content (AvgIpc) is 2.44. The van der Waals surface area contributed by atoms with E-state index in [-0.39, 0.29) is 11.2 Å². The highest BCUT2D eigenvalue weighted by Gasteiger charge is 2.25. The summed E-state index contributed by atoms with van der Waals surface area (Å²) in [7, 11) is -1.68. The van der Waals surface area contributed by atoms with Gasteiger partial charge in [-0.1, -0.05) is 31.5 Å². The molecule has 148 valence electrons. The van der Waals surface area contributed by atoms with Crippen molar-refractivity contribution in [2.75, 3.05) is 26.4 Å². The lowest BCUT2D eigenvalue weighted by Crippen LogP contribution is -2.53. The molecule has 0 aliphatic rings. The number of nitrogens with one attached hydrogen (secondary N) is 3. The van der Waals surface area contributed by atoms with Gasteiger partial charge in [0.25, 0.3) is 0 Å². The number of hydrogen-bond donors (Lipinski definition) is 3. The third-order valence-electron chi connectivity index (χ3n) is 3.74. The van der Waals surface area contributed by atoms with Crippen LogP contribution in [0.15, 0.2) is 23.2 Å². The Morgan fingerprint density at radius 1 is 1.19 bits per heavy atom. The zero-order valence-electron chi connectivity index (χ0n) is 16.1. The minimum Gasteiger partial charge on any atom is -0.356 e. The maximum absolute atomic E-state index is 13.3. The molecule has 26 heavy (non-hydrogen) atoms. The summed E-state index contributed by atoms with van der Waals surface area (Å²) in [6.07, 6.45) is 1.12. The van der Waals surface area contributed by atoms with Crippen molar-refractivity contribution in [2.45, 2.75) is 38.6 Å². The lowest BCUT2D eigenvalue weighted by Gasteiger charge is -2.29. The highest BCUT2D eigenvalue weighted by molar-refractivity contribution is 7.88. The van der Waals surface area contributed by atoms with Gasteiger partial charge in [-0.2, -0.15) is 0 Å². The number of halogens is 2. The maximum Gasteiger partial charge on any atom is 0.209 e. The molecular formula is C17H28ClFN4O2S. The fourth-order valence-corrected chi connectivity index (χ4v) is 4.00. The molecule has 6 nitrogen and oxygen atoms in total. The first-order chi connectivity index (χ1) is 11.8. The number of benzene rings is 1. The van der Waals surface area contributed by atoms with E-state index in [2.05, 4.69) is 20.3 Å². The van der Waals surface area contributed by atoms with Crippen molar-refractivity contribution in [1.29, 1.82) is 0 Å². The van der Waals surface area contributed by atoms with Gasteiger partial charge in [0.05, 0.1) is 6.26 Å². The van der Waals surface area contributed by atoms with Crippen LogP contribution in [0.3, 0.4) is 0 Å². The van der Waals surface area contributed by atoms with Crippen LogP contribution in [0.5, 0.6) is 0 Å². The number of rotatable bonds is 7. The Kier molecular flexibility index (Phi) is 7.44. The molecule has 0 aromatic heterocycles. The van der Waals surface area contributed by atoms with Crippen LogP contribution in [0.1, 0.15) is 33.3 Å². The van der Waals surface area contributed by atoms with E-state index in [4.69, 9.17) is 11.6 Å². The van der Waals surface area contributed by atoms with Crippen molar-refractivity contribution < 1.29 is 12.8 Å². The van der Waals surface area contributed by atoms with E-state index in [0.717, 1.165) is 11.8 Å². The summed E-state index contributed by atoms with van der Waals surface area (Å²) in [5.41, 5.74) is -0.230. The van der Waals surface area contributed by atoms with Gasteiger partial charge in [0.2, 0.25) is 10.0 Å². The Balaban J connectivity index is 2.71. The molecule has 0 radical (unpaired) electrons. The largest absolute Gasteiger partial charge is 0.356 e. The summed E-state index contributed by atoms with van der Waals surface area (Å²) in [5, 5.41) is 6.67. The second-order valence-electron chi connectivity index (χ2n) is 7.55. The van der Waals surface area contributed by atoms with Crippen molar-refractivity contribution in [2.24, 2.45) is 4.99 Å². The summed E-state index contributed by atoms with van der Waals surface area (Å²) in [6, 6.07) is 4.36. The average molecular weight is 407 g/mol. The zero-order valence-corrected chi connectivity index (χ0v) is 17.6. The third kappa shape index (κ3) is 7.47. The molecule has 0 bridgehead atoms. The molecule has 0 heterocycles. The van der Waals surface area contributed by atoms with E-state index in [1.807, 2.05) is 13.8 Å². The predicted molar refractivity (Wildman–Crippen MR) is 106 cm³/mol. The van der Waals surface area contributed by atoms with Crippen LogP contribution in [-0.4, -0.2) is 46.3 Å². The Hall–Kier alpha value is -1.38. The fraction of sp³-hybridized carbons (Fsp3) is 0.588. The first-order valence-electron chi connectivity index (χ1n) is 8.15. The third-order valence-corrected chi connectivity index (χ3v) is 4.98. The van der Waals surface area contributed by atoms with E-state index in [1.165, 1.54) is 12.1 Å². The lowest BCUT2D eigenvalue weighted by atomic mass is 9.84. The van der Waals surface area contributed by atoms with Crippen LogP contribution in [0.4, 0.5) is 4.39 Å². The molecule has 0 amide bonds. The van der Waals surface area contributed by atoms with E-state index >= 15 is 0 Å². The molecule has 0 saturated carbocycles. The molecule has 0 atom stereocenters. The Labute approximate surface area is 160 Å². The minimum atomic E-state index is -3.31. The van der Waals surface area contributed by atoms with Crippen molar-refractivity contribution in [3.05, 3.63) is 34.6 Å². The van der Waals surface area contributed by atoms with Crippen molar-refractivity contribution >= 4 is 27.6 Å². The number of sulfonamides is 1. The Morgan fingerprint density at radius 3 is 2.27 bits per heavy atom. The predicted octanol–water partition coefficient (Wildman–Crippen LogP) is 2.25. The van der Waals surface area contributed by atoms with Gasteiger partial charge >= 0.3 is 0 Å². The van der Waals surface area contributed by atoms with E-state index in [9.17, 15) is 12.8 Å². The number of hydrogen-bond acceptors (Lipinski definition) is 3. The van der Waals surface area contributed by atoms with E-state index < -0.39 is 15.6 Å². The molecular weight excluding hydrogens is 379 g/mol. The Bertz CT molecular complexity index is 764. The van der Waals surface area contributed by atoms with Crippen molar-refractivity contribution in [3.63, 3.8) is 0 Å². The highest BCUT2D eigenvalue weighted by Crippen LogP contribution is 2.29. The van der Waals surface area contributed by atoms with E-state index in [0.29, 0.717) is 24.1 Å². The van der Waals surface area contributed by atoms with Crippen LogP contribution in [0.25, 0.3) is 0 Å². The minimum absolute atomic E-state index is 0.345. The van der Waals surface area contributed by atoms with Crippen LogP contribution < -0.4 is 15.4 Å². The molecule has 0 spiro atoms. The number of nitrogens with zero attached hydrogens (tertiary/aromatic N) is 1. The standard InChI is InChI=1S/C17H28ClFN4O2S/c1-16(2,13-8-7-12(19)9-14(13)18)10-21-15(20-5)22-11-17(3,4)23-26(6,24)25/h7-9,23H,10-11H2,1-6H3,(H2,20,21,22). The molecule has 0 saturated heterocycles. The maximum atomic E-state index is 13.3. The van der Waals surface area contributed by atoms with Gasteiger partial charge in [-0.05, 0) is 31.5 Å². The van der Waals surface area contributed by atoms with Crippen molar-refractivity contribution in [1.82, 2.24) is 15.4 Å². The molecule has 0 aliphatic heterocycles. The van der Waals surface area contributed by atoms with Gasteiger partial charge < -0.3 is 10.6 Å². The van der Waals surface area contributed by atoms with E-state index in [1.54, 1.807) is 27.0 Å². The lowest BCUT2D eigenvalue weighted by molar-refractivity contribution is 0.443. The van der Waals surface area contributed by atoms with Gasteiger partial charge in [0, 0.05) is 36.1 Å². The first kappa shape index (κ1) is 22.7. The number of aliphatic imine (C=N–C) groups is 1. The Morgan fingerprint density at radius 2 is 1.77 bits per heavy atom. The normalized spacial score (nSPS) is 13.6. The molecule has 0 fully saturated rings. The SMILES string of the molecule is CN=C(NCC(C)(C)NS(C)(=O)=O)NCC(C)(C)c1ccc(F)cc1Cl. The van der Waals surface area contributed by atoms with Crippen molar-refractivity contribution in [3.8, 4) is 0 Å². The second kappa shape index (κ2) is 8.54. The van der Waals surface area contributed by atoms with Gasteiger partial charge in [-0.3, -0.25) is 4.99 Å².